The topological polar surface area (TPSA) is 128 Å². The van der Waals surface area contributed by atoms with E-state index in [9.17, 15) is 9.18 Å². The third-order valence-electron chi connectivity index (χ3n) is 4.74. The summed E-state index contributed by atoms with van der Waals surface area (Å²) in [6, 6.07) is 4.28. The van der Waals surface area contributed by atoms with Gasteiger partial charge in [0, 0.05) is 30.0 Å². The van der Waals surface area contributed by atoms with Gasteiger partial charge in [-0.3, -0.25) is 4.79 Å². The minimum absolute atomic E-state index is 0.0348. The van der Waals surface area contributed by atoms with Crippen LogP contribution in [0, 0.1) is 5.82 Å². The van der Waals surface area contributed by atoms with E-state index in [4.69, 9.17) is 16.2 Å². The number of primary amides is 1. The molecule has 0 saturated heterocycles. The Balaban J connectivity index is 1.89. The van der Waals surface area contributed by atoms with Crippen molar-refractivity contribution < 1.29 is 13.9 Å². The Morgan fingerprint density at radius 2 is 2.03 bits per heavy atom. The zero-order valence-corrected chi connectivity index (χ0v) is 16.6. The van der Waals surface area contributed by atoms with Gasteiger partial charge in [0.15, 0.2) is 11.6 Å². The van der Waals surface area contributed by atoms with E-state index in [1.165, 1.54) is 0 Å². The highest BCUT2D eigenvalue weighted by molar-refractivity contribution is 5.98. The van der Waals surface area contributed by atoms with E-state index in [-0.39, 0.29) is 35.4 Å². The number of carbonyl (C=O) groups is 1. The largest absolute Gasteiger partial charge is 0.475 e. The number of nitrogens with zero attached hydrogens (tertiary/aromatic N) is 2. The molecule has 0 aliphatic heterocycles. The van der Waals surface area contributed by atoms with Crippen LogP contribution >= 0.6 is 0 Å². The molecule has 156 valence electrons. The Labute approximate surface area is 169 Å². The molecule has 1 aliphatic rings. The molecule has 29 heavy (non-hydrogen) atoms. The van der Waals surface area contributed by atoms with E-state index in [0.29, 0.717) is 11.6 Å². The standard InChI is InChI=1S/C20H27FN6O2/c1-11(2)29-17-9-12(7-8-24-17)25-19-13(18(23)28)10-14(21)20(27-19)26-16-6-4-3-5-15(16)22/h7-11,15-16H,3-6,22H2,1-2H3,(H2,23,28)(H2,24,25,26,27)/t15-,16+/m0/s1. The molecule has 8 nitrogen and oxygen atoms in total. The first-order valence-electron chi connectivity index (χ1n) is 9.75. The average Bonchev–Trinajstić information content (AvgIpc) is 2.65. The van der Waals surface area contributed by atoms with Gasteiger partial charge in [-0.15, -0.1) is 0 Å². The van der Waals surface area contributed by atoms with E-state index in [0.717, 1.165) is 31.7 Å². The minimum Gasteiger partial charge on any atom is -0.475 e. The molecule has 0 unspecified atom stereocenters. The molecule has 0 bridgehead atoms. The summed E-state index contributed by atoms with van der Waals surface area (Å²) in [7, 11) is 0. The SMILES string of the molecule is CC(C)Oc1cc(Nc2nc(N[C@@H]3CCCC[C@@H]3N)c(F)cc2C(N)=O)ccn1. The van der Waals surface area contributed by atoms with Crippen LogP contribution in [0.15, 0.2) is 24.4 Å². The third-order valence-corrected chi connectivity index (χ3v) is 4.74. The van der Waals surface area contributed by atoms with Gasteiger partial charge in [-0.05, 0) is 38.8 Å². The van der Waals surface area contributed by atoms with Crippen molar-refractivity contribution in [2.75, 3.05) is 10.6 Å². The van der Waals surface area contributed by atoms with Crippen LogP contribution in [-0.2, 0) is 0 Å². The summed E-state index contributed by atoms with van der Waals surface area (Å²) in [5.74, 6) is -0.840. The zero-order valence-electron chi connectivity index (χ0n) is 16.6. The van der Waals surface area contributed by atoms with Crippen molar-refractivity contribution in [3.8, 4) is 5.88 Å². The maximum Gasteiger partial charge on any atom is 0.252 e. The molecule has 0 aromatic carbocycles. The van der Waals surface area contributed by atoms with E-state index in [1.807, 2.05) is 13.8 Å². The first-order valence-corrected chi connectivity index (χ1v) is 9.75. The fourth-order valence-corrected chi connectivity index (χ4v) is 3.32. The Morgan fingerprint density at radius 3 is 2.72 bits per heavy atom. The van der Waals surface area contributed by atoms with Crippen molar-refractivity contribution in [1.29, 1.82) is 0 Å². The van der Waals surface area contributed by atoms with Crippen LogP contribution in [0.2, 0.25) is 0 Å². The highest BCUT2D eigenvalue weighted by Gasteiger charge is 2.24. The highest BCUT2D eigenvalue weighted by atomic mass is 19.1. The molecular weight excluding hydrogens is 375 g/mol. The average molecular weight is 402 g/mol. The van der Waals surface area contributed by atoms with E-state index >= 15 is 0 Å². The van der Waals surface area contributed by atoms with Crippen LogP contribution in [0.5, 0.6) is 5.88 Å². The maximum absolute atomic E-state index is 14.6. The van der Waals surface area contributed by atoms with Gasteiger partial charge in [0.25, 0.3) is 5.91 Å². The molecular formula is C20H27FN6O2. The van der Waals surface area contributed by atoms with Gasteiger partial charge in [0.2, 0.25) is 5.88 Å². The van der Waals surface area contributed by atoms with Crippen molar-refractivity contribution in [3.63, 3.8) is 0 Å². The van der Waals surface area contributed by atoms with Crippen LogP contribution in [0.3, 0.4) is 0 Å². The second kappa shape index (κ2) is 9.04. The predicted molar refractivity (Wildman–Crippen MR) is 110 cm³/mol. The fourth-order valence-electron chi connectivity index (χ4n) is 3.32. The molecule has 1 fully saturated rings. The molecule has 2 heterocycles. The number of amides is 1. The summed E-state index contributed by atoms with van der Waals surface area (Å²) in [5.41, 5.74) is 12.1. The smallest absolute Gasteiger partial charge is 0.252 e. The molecule has 6 N–H and O–H groups in total. The first-order chi connectivity index (χ1) is 13.8. The van der Waals surface area contributed by atoms with Crippen LogP contribution in [0.25, 0.3) is 0 Å². The van der Waals surface area contributed by atoms with Gasteiger partial charge < -0.3 is 26.8 Å². The van der Waals surface area contributed by atoms with Crippen LogP contribution < -0.4 is 26.8 Å². The number of halogens is 1. The van der Waals surface area contributed by atoms with Crippen LogP contribution in [0.1, 0.15) is 49.9 Å². The monoisotopic (exact) mass is 402 g/mol. The molecule has 0 radical (unpaired) electrons. The predicted octanol–water partition coefficient (Wildman–Crippen LogP) is 2.93. The van der Waals surface area contributed by atoms with Gasteiger partial charge >= 0.3 is 0 Å². The van der Waals surface area contributed by atoms with Crippen molar-refractivity contribution >= 4 is 23.2 Å². The molecule has 2 aromatic heterocycles. The second-order valence-electron chi connectivity index (χ2n) is 7.45. The summed E-state index contributed by atoms with van der Waals surface area (Å²) in [6.07, 6.45) is 5.31. The molecule has 1 saturated carbocycles. The minimum atomic E-state index is -0.785. The lowest BCUT2D eigenvalue weighted by Crippen LogP contribution is -2.43. The number of nitrogens with two attached hydrogens (primary N) is 2. The third kappa shape index (κ3) is 5.32. The quantitative estimate of drug-likeness (QED) is 0.560. The second-order valence-corrected chi connectivity index (χ2v) is 7.45. The van der Waals surface area contributed by atoms with Crippen molar-refractivity contribution in [2.45, 2.75) is 57.7 Å². The van der Waals surface area contributed by atoms with E-state index in [2.05, 4.69) is 20.6 Å². The zero-order chi connectivity index (χ0) is 21.0. The lowest BCUT2D eigenvalue weighted by Gasteiger charge is -2.30. The Bertz CT molecular complexity index is 876. The van der Waals surface area contributed by atoms with Gasteiger partial charge in [-0.2, -0.15) is 0 Å². The van der Waals surface area contributed by atoms with Crippen LogP contribution in [-0.4, -0.2) is 34.1 Å². The summed E-state index contributed by atoms with van der Waals surface area (Å²) in [4.78, 5) is 20.3. The van der Waals surface area contributed by atoms with E-state index in [1.54, 1.807) is 18.3 Å². The number of ether oxygens (including phenoxy) is 1. The molecule has 0 spiro atoms. The van der Waals surface area contributed by atoms with Crippen LogP contribution in [0.4, 0.5) is 21.7 Å². The molecule has 9 heteroatoms. The van der Waals surface area contributed by atoms with Gasteiger partial charge in [-0.1, -0.05) is 12.8 Å². The fraction of sp³-hybridized carbons (Fsp3) is 0.450. The summed E-state index contributed by atoms with van der Waals surface area (Å²) >= 11 is 0. The number of anilines is 3. The van der Waals surface area contributed by atoms with Crippen molar-refractivity contribution in [1.82, 2.24) is 9.97 Å². The van der Waals surface area contributed by atoms with Gasteiger partial charge in [-0.25, -0.2) is 14.4 Å². The first kappa shape index (κ1) is 20.8. The van der Waals surface area contributed by atoms with Gasteiger partial charge in [0.1, 0.15) is 5.82 Å². The summed E-state index contributed by atoms with van der Waals surface area (Å²) in [5, 5.41) is 6.10. The molecule has 1 aliphatic carbocycles. The number of nitrogens with one attached hydrogen (secondary N) is 2. The lowest BCUT2D eigenvalue weighted by atomic mass is 9.91. The molecule has 1 amide bonds. The number of rotatable bonds is 7. The number of pyridine rings is 2. The normalized spacial score (nSPS) is 19.1. The van der Waals surface area contributed by atoms with Crippen molar-refractivity contribution in [3.05, 3.63) is 35.8 Å². The Kier molecular flexibility index (Phi) is 6.48. The number of hydrogen-bond acceptors (Lipinski definition) is 7. The Morgan fingerprint density at radius 1 is 1.28 bits per heavy atom. The maximum atomic E-state index is 14.6. The molecule has 3 rings (SSSR count). The van der Waals surface area contributed by atoms with Crippen molar-refractivity contribution in [2.24, 2.45) is 11.5 Å². The lowest BCUT2D eigenvalue weighted by molar-refractivity contribution is 0.100. The number of aromatic nitrogens is 2. The highest BCUT2D eigenvalue weighted by Crippen LogP contribution is 2.27. The number of hydrogen-bond donors (Lipinski definition) is 4. The van der Waals surface area contributed by atoms with E-state index < -0.39 is 11.7 Å². The number of carbonyl (C=O) groups excluding carboxylic acids is 1. The summed E-state index contributed by atoms with van der Waals surface area (Å²) < 4.78 is 20.2. The summed E-state index contributed by atoms with van der Waals surface area (Å²) in [6.45, 7) is 3.78. The Hall–Kier alpha value is -2.94. The molecule has 2 atom stereocenters. The molecule has 2 aromatic rings. The van der Waals surface area contributed by atoms with Gasteiger partial charge in [0.05, 0.1) is 11.7 Å².